The topological polar surface area (TPSA) is 0 Å². The van der Waals surface area contributed by atoms with Crippen molar-refractivity contribution < 1.29 is 0 Å². The van der Waals surface area contributed by atoms with E-state index in [2.05, 4.69) is 6.92 Å². The van der Waals surface area contributed by atoms with Crippen molar-refractivity contribution in [3.8, 4) is 0 Å². The van der Waals surface area contributed by atoms with Crippen LogP contribution < -0.4 is 0 Å². The summed E-state index contributed by atoms with van der Waals surface area (Å²) in [7, 11) is 0. The molecular weight excluding hydrogens is 191 g/mol. The van der Waals surface area contributed by atoms with Crippen LogP contribution >= 0.6 is 23.2 Å². The Morgan fingerprint density at radius 1 is 1.08 bits per heavy atom. The summed E-state index contributed by atoms with van der Waals surface area (Å²) < 4.78 is -0.427. The van der Waals surface area contributed by atoms with Gasteiger partial charge in [-0.25, -0.2) is 0 Å². The molecule has 2 fully saturated rings. The molecule has 0 aromatic rings. The third-order valence-electron chi connectivity index (χ3n) is 3.94. The van der Waals surface area contributed by atoms with Gasteiger partial charge in [0.15, 0.2) is 0 Å². The maximum absolute atomic E-state index is 6.45. The second-order valence-electron chi connectivity index (χ2n) is 4.55. The van der Waals surface area contributed by atoms with E-state index in [0.29, 0.717) is 5.92 Å². The average molecular weight is 207 g/mol. The molecule has 1 atom stereocenters. The van der Waals surface area contributed by atoms with Crippen LogP contribution in [0.1, 0.15) is 45.4 Å². The molecular formula is C10H16Cl2. The fourth-order valence-electron chi connectivity index (χ4n) is 3.00. The molecule has 1 unspecified atom stereocenters. The monoisotopic (exact) mass is 206 g/mol. The van der Waals surface area contributed by atoms with Gasteiger partial charge < -0.3 is 0 Å². The van der Waals surface area contributed by atoms with Crippen LogP contribution in [0.25, 0.3) is 0 Å². The molecule has 0 radical (unpaired) electrons. The van der Waals surface area contributed by atoms with Crippen LogP contribution in [-0.4, -0.2) is 4.33 Å². The predicted octanol–water partition coefficient (Wildman–Crippen LogP) is 4.15. The predicted molar refractivity (Wildman–Crippen MR) is 53.7 cm³/mol. The molecule has 0 aromatic carbocycles. The first-order valence-corrected chi connectivity index (χ1v) is 5.72. The van der Waals surface area contributed by atoms with Crippen molar-refractivity contribution >= 4 is 23.2 Å². The van der Waals surface area contributed by atoms with Gasteiger partial charge in [-0.2, -0.15) is 0 Å². The van der Waals surface area contributed by atoms with E-state index in [9.17, 15) is 0 Å². The normalized spacial score (nSPS) is 37.8. The van der Waals surface area contributed by atoms with Crippen LogP contribution in [0.4, 0.5) is 0 Å². The van der Waals surface area contributed by atoms with E-state index in [1.807, 2.05) is 0 Å². The molecule has 0 nitrogen and oxygen atoms in total. The Balaban J connectivity index is 2.26. The molecule has 12 heavy (non-hydrogen) atoms. The van der Waals surface area contributed by atoms with Crippen molar-refractivity contribution in [1.82, 2.24) is 0 Å². The van der Waals surface area contributed by atoms with Crippen molar-refractivity contribution in [3.05, 3.63) is 0 Å². The first-order chi connectivity index (χ1) is 5.58. The Morgan fingerprint density at radius 3 is 2.08 bits per heavy atom. The van der Waals surface area contributed by atoms with Crippen molar-refractivity contribution in [3.63, 3.8) is 0 Å². The third kappa shape index (κ3) is 1.04. The molecule has 2 aliphatic rings. The summed E-state index contributed by atoms with van der Waals surface area (Å²) in [6, 6.07) is 0. The van der Waals surface area contributed by atoms with Gasteiger partial charge in [-0.1, -0.05) is 19.8 Å². The smallest absolute Gasteiger partial charge is 0.101 e. The van der Waals surface area contributed by atoms with Crippen LogP contribution in [0.15, 0.2) is 0 Å². The molecule has 2 saturated carbocycles. The zero-order chi connectivity index (χ0) is 8.82. The highest BCUT2D eigenvalue weighted by Gasteiger charge is 2.57. The fourth-order valence-corrected chi connectivity index (χ4v) is 3.78. The minimum atomic E-state index is -0.427. The molecule has 0 aromatic heterocycles. The highest BCUT2D eigenvalue weighted by Crippen LogP contribution is 2.63. The summed E-state index contributed by atoms with van der Waals surface area (Å²) in [5.74, 6) is 0.485. The van der Waals surface area contributed by atoms with E-state index in [0.717, 1.165) is 0 Å². The molecule has 0 N–H and O–H groups in total. The highest BCUT2D eigenvalue weighted by molar-refractivity contribution is 6.49. The second kappa shape index (κ2) is 2.78. The Bertz CT molecular complexity index is 180. The number of halogens is 2. The van der Waals surface area contributed by atoms with E-state index in [-0.39, 0.29) is 5.41 Å². The Morgan fingerprint density at radius 2 is 1.67 bits per heavy atom. The first kappa shape index (κ1) is 9.15. The van der Waals surface area contributed by atoms with E-state index >= 15 is 0 Å². The molecule has 0 saturated heterocycles. The van der Waals surface area contributed by atoms with E-state index < -0.39 is 4.33 Å². The summed E-state index contributed by atoms with van der Waals surface area (Å²) >= 11 is 12.9. The number of hydrogen-bond acceptors (Lipinski definition) is 0. The van der Waals surface area contributed by atoms with Crippen LogP contribution in [0.3, 0.4) is 0 Å². The van der Waals surface area contributed by atoms with Gasteiger partial charge in [0.05, 0.1) is 0 Å². The Labute approximate surface area is 84.6 Å². The third-order valence-corrected chi connectivity index (χ3v) is 5.49. The molecule has 1 spiro atoms. The lowest BCUT2D eigenvalue weighted by Gasteiger charge is -2.36. The lowest BCUT2D eigenvalue weighted by molar-refractivity contribution is 0.277. The SMILES string of the molecule is CC1CCC2(CCCC2)C1(Cl)Cl. The summed E-state index contributed by atoms with van der Waals surface area (Å²) in [6.45, 7) is 2.19. The Hall–Kier alpha value is 0.580. The standard InChI is InChI=1S/C10H16Cl2/c1-8-4-7-9(10(8,11)12)5-2-3-6-9/h8H,2-7H2,1H3. The van der Waals surface area contributed by atoms with Gasteiger partial charge in [-0.3, -0.25) is 0 Å². The van der Waals surface area contributed by atoms with Gasteiger partial charge in [0.2, 0.25) is 0 Å². The summed E-state index contributed by atoms with van der Waals surface area (Å²) in [4.78, 5) is 0. The van der Waals surface area contributed by atoms with Gasteiger partial charge >= 0.3 is 0 Å². The molecule has 0 heterocycles. The van der Waals surface area contributed by atoms with Crippen LogP contribution in [0.5, 0.6) is 0 Å². The van der Waals surface area contributed by atoms with E-state index in [4.69, 9.17) is 23.2 Å². The van der Waals surface area contributed by atoms with Crippen LogP contribution in [-0.2, 0) is 0 Å². The summed E-state index contributed by atoms with van der Waals surface area (Å²) in [5, 5.41) is 0. The molecule has 0 aliphatic heterocycles. The minimum absolute atomic E-state index is 0.287. The van der Waals surface area contributed by atoms with Gasteiger partial charge in [0.25, 0.3) is 0 Å². The van der Waals surface area contributed by atoms with Gasteiger partial charge in [-0.05, 0) is 31.6 Å². The van der Waals surface area contributed by atoms with Gasteiger partial charge in [0, 0.05) is 5.41 Å². The van der Waals surface area contributed by atoms with Crippen LogP contribution in [0, 0.1) is 11.3 Å². The zero-order valence-electron chi connectivity index (χ0n) is 7.58. The maximum Gasteiger partial charge on any atom is 0.126 e. The van der Waals surface area contributed by atoms with Crippen molar-refractivity contribution in [2.24, 2.45) is 11.3 Å². The quantitative estimate of drug-likeness (QED) is 0.523. The molecule has 2 rings (SSSR count). The minimum Gasteiger partial charge on any atom is -0.101 e. The largest absolute Gasteiger partial charge is 0.126 e. The molecule has 2 aliphatic carbocycles. The van der Waals surface area contributed by atoms with Crippen molar-refractivity contribution in [2.75, 3.05) is 0 Å². The summed E-state index contributed by atoms with van der Waals surface area (Å²) in [5.41, 5.74) is 0.287. The zero-order valence-corrected chi connectivity index (χ0v) is 9.09. The van der Waals surface area contributed by atoms with Gasteiger partial charge in [-0.15, -0.1) is 23.2 Å². The lowest BCUT2D eigenvalue weighted by Crippen LogP contribution is -2.35. The molecule has 0 bridgehead atoms. The summed E-state index contributed by atoms with van der Waals surface area (Å²) in [6.07, 6.45) is 7.63. The fraction of sp³-hybridized carbons (Fsp3) is 1.00. The van der Waals surface area contributed by atoms with Gasteiger partial charge in [0.1, 0.15) is 4.33 Å². The Kier molecular flexibility index (Phi) is 2.12. The van der Waals surface area contributed by atoms with Crippen LogP contribution in [0.2, 0.25) is 0 Å². The molecule has 2 heteroatoms. The van der Waals surface area contributed by atoms with E-state index in [1.54, 1.807) is 0 Å². The molecule has 70 valence electrons. The van der Waals surface area contributed by atoms with E-state index in [1.165, 1.54) is 38.5 Å². The van der Waals surface area contributed by atoms with Crippen molar-refractivity contribution in [2.45, 2.75) is 49.8 Å². The number of alkyl halides is 2. The number of rotatable bonds is 0. The lowest BCUT2D eigenvalue weighted by atomic mass is 9.83. The highest BCUT2D eigenvalue weighted by atomic mass is 35.5. The average Bonchev–Trinajstić information content (AvgIpc) is 2.55. The second-order valence-corrected chi connectivity index (χ2v) is 5.94. The first-order valence-electron chi connectivity index (χ1n) is 4.96. The molecule has 0 amide bonds. The number of hydrogen-bond donors (Lipinski definition) is 0. The van der Waals surface area contributed by atoms with Crippen molar-refractivity contribution in [1.29, 1.82) is 0 Å². The maximum atomic E-state index is 6.45.